The summed E-state index contributed by atoms with van der Waals surface area (Å²) in [5.74, 6) is 1.66. The lowest BCUT2D eigenvalue weighted by Gasteiger charge is -2.18. The second kappa shape index (κ2) is 8.35. The van der Waals surface area contributed by atoms with Crippen LogP contribution in [0.5, 0.6) is 11.5 Å². The first-order valence-corrected chi connectivity index (χ1v) is 11.4. The molecule has 2 aromatic carbocycles. The molecule has 1 saturated carbocycles. The van der Waals surface area contributed by atoms with Gasteiger partial charge in [0, 0.05) is 18.4 Å². The van der Waals surface area contributed by atoms with Crippen LogP contribution in [0.1, 0.15) is 62.1 Å². The molecule has 0 saturated heterocycles. The predicted octanol–water partition coefficient (Wildman–Crippen LogP) is 5.60. The Kier molecular flexibility index (Phi) is 5.43. The molecular weight excluding hydrogens is 374 g/mol. The van der Waals surface area contributed by atoms with Gasteiger partial charge < -0.3 is 9.47 Å². The maximum Gasteiger partial charge on any atom is 0.162 e. The largest absolute Gasteiger partial charge is 0.490 e. The van der Waals surface area contributed by atoms with Crippen LogP contribution in [0.4, 0.5) is 0 Å². The van der Waals surface area contributed by atoms with Crippen molar-refractivity contribution in [3.8, 4) is 11.5 Å². The fraction of sp³-hybridized carbons (Fsp3) is 0.462. The Balaban J connectivity index is 1.38. The number of ether oxygens (including phenoxy) is 2. The molecule has 4 heteroatoms. The van der Waals surface area contributed by atoms with Crippen LogP contribution >= 0.6 is 0 Å². The number of rotatable bonds is 7. The third-order valence-electron chi connectivity index (χ3n) is 6.54. The van der Waals surface area contributed by atoms with E-state index in [2.05, 4.69) is 54.9 Å². The van der Waals surface area contributed by atoms with Crippen LogP contribution in [0.25, 0.3) is 5.70 Å². The van der Waals surface area contributed by atoms with Gasteiger partial charge in [0.05, 0.1) is 12.3 Å². The zero-order chi connectivity index (χ0) is 20.4. The summed E-state index contributed by atoms with van der Waals surface area (Å²) in [6.45, 7) is 2.89. The van der Waals surface area contributed by atoms with E-state index >= 15 is 0 Å². The monoisotopic (exact) mass is 405 g/mol. The molecule has 0 aromatic heterocycles. The first kappa shape index (κ1) is 19.5. The minimum atomic E-state index is -0.125. The Labute approximate surface area is 179 Å². The molecular formula is C26H31NO3. The highest BCUT2D eigenvalue weighted by molar-refractivity contribution is 5.68. The fourth-order valence-electron chi connectivity index (χ4n) is 4.84. The van der Waals surface area contributed by atoms with Gasteiger partial charge in [0.25, 0.3) is 0 Å². The maximum absolute atomic E-state index is 6.52. The molecule has 0 amide bonds. The minimum Gasteiger partial charge on any atom is -0.490 e. The molecule has 30 heavy (non-hydrogen) atoms. The Morgan fingerprint density at radius 1 is 1.03 bits per heavy atom. The van der Waals surface area contributed by atoms with E-state index in [1.165, 1.54) is 24.0 Å². The van der Waals surface area contributed by atoms with E-state index in [0.29, 0.717) is 6.61 Å². The van der Waals surface area contributed by atoms with Crippen molar-refractivity contribution in [1.82, 2.24) is 5.48 Å². The van der Waals surface area contributed by atoms with Crippen molar-refractivity contribution in [3.05, 3.63) is 65.2 Å². The molecule has 5 rings (SSSR count). The summed E-state index contributed by atoms with van der Waals surface area (Å²) < 4.78 is 12.6. The van der Waals surface area contributed by atoms with Crippen molar-refractivity contribution in [2.75, 3.05) is 6.61 Å². The maximum atomic E-state index is 6.52. The minimum absolute atomic E-state index is 0.125. The second-order valence-electron chi connectivity index (χ2n) is 8.81. The zero-order valence-corrected chi connectivity index (χ0v) is 17.8. The third kappa shape index (κ3) is 3.93. The molecule has 0 atom stereocenters. The quantitative estimate of drug-likeness (QED) is 0.609. The first-order chi connectivity index (χ1) is 14.7. The van der Waals surface area contributed by atoms with Crippen LogP contribution in [0.2, 0.25) is 0 Å². The average Bonchev–Trinajstić information content (AvgIpc) is 3.49. The molecule has 1 spiro atoms. The van der Waals surface area contributed by atoms with E-state index in [1.807, 2.05) is 6.07 Å². The van der Waals surface area contributed by atoms with Crippen molar-refractivity contribution in [2.45, 2.75) is 70.0 Å². The summed E-state index contributed by atoms with van der Waals surface area (Å²) in [6.07, 6.45) is 11.1. The molecule has 1 heterocycles. The van der Waals surface area contributed by atoms with E-state index in [1.54, 1.807) is 0 Å². The van der Waals surface area contributed by atoms with Gasteiger partial charge in [0.15, 0.2) is 11.5 Å². The van der Waals surface area contributed by atoms with Crippen molar-refractivity contribution in [3.63, 3.8) is 0 Å². The van der Waals surface area contributed by atoms with Crippen molar-refractivity contribution in [2.24, 2.45) is 0 Å². The van der Waals surface area contributed by atoms with E-state index in [4.69, 9.17) is 14.3 Å². The van der Waals surface area contributed by atoms with Crippen LogP contribution in [0.3, 0.4) is 0 Å². The molecule has 1 aliphatic heterocycles. The highest BCUT2D eigenvalue weighted by atomic mass is 16.7. The van der Waals surface area contributed by atoms with Gasteiger partial charge in [-0.15, -0.1) is 0 Å². The second-order valence-corrected chi connectivity index (χ2v) is 8.81. The van der Waals surface area contributed by atoms with Crippen LogP contribution in [0.15, 0.2) is 48.5 Å². The first-order valence-electron chi connectivity index (χ1n) is 11.4. The molecule has 4 nitrogen and oxygen atoms in total. The average molecular weight is 406 g/mol. The zero-order valence-electron chi connectivity index (χ0n) is 17.8. The summed E-state index contributed by atoms with van der Waals surface area (Å²) in [5.41, 5.74) is 7.97. The summed E-state index contributed by atoms with van der Waals surface area (Å²) in [4.78, 5) is 5.98. The Morgan fingerprint density at radius 3 is 2.53 bits per heavy atom. The van der Waals surface area contributed by atoms with Gasteiger partial charge in [-0.1, -0.05) is 50.5 Å². The van der Waals surface area contributed by atoms with Crippen molar-refractivity contribution in [1.29, 1.82) is 0 Å². The lowest BCUT2D eigenvalue weighted by Crippen LogP contribution is -2.25. The summed E-state index contributed by atoms with van der Waals surface area (Å²) in [7, 11) is 0. The molecule has 1 fully saturated rings. The lowest BCUT2D eigenvalue weighted by molar-refractivity contribution is -0.0289. The predicted molar refractivity (Wildman–Crippen MR) is 119 cm³/mol. The standard InChI is InChI=1S/C26H31NO3/c1-2-3-14-28-24-11-10-21(23-18-26(30-27-23)12-6-7-13-26)17-25(24)29-22-15-19-8-4-5-9-20(19)16-22/h4-5,8-11,17-18,22,27H,2-3,6-7,12-16H2,1H3. The number of hydrogen-bond donors (Lipinski definition) is 1. The number of unbranched alkanes of at least 4 members (excludes halogenated alkanes) is 1. The van der Waals surface area contributed by atoms with Crippen molar-refractivity contribution < 1.29 is 14.3 Å². The Bertz CT molecular complexity index is 905. The molecule has 3 aliphatic rings. The van der Waals surface area contributed by atoms with Crippen molar-refractivity contribution >= 4 is 5.70 Å². The van der Waals surface area contributed by atoms with Gasteiger partial charge in [0.2, 0.25) is 0 Å². The molecule has 2 aromatic rings. The van der Waals surface area contributed by atoms with Crippen LogP contribution in [0, 0.1) is 0 Å². The van der Waals surface area contributed by atoms with Gasteiger partial charge in [-0.05, 0) is 54.7 Å². The SMILES string of the molecule is CCCCOc1ccc(C2=CC3(CCCC3)ON2)cc1OC1Cc2ccccc2C1. The van der Waals surface area contributed by atoms with Gasteiger partial charge in [-0.3, -0.25) is 10.3 Å². The number of hydrogen-bond acceptors (Lipinski definition) is 4. The molecule has 158 valence electrons. The summed E-state index contributed by atoms with van der Waals surface area (Å²) >= 11 is 0. The third-order valence-corrected chi connectivity index (χ3v) is 6.54. The van der Waals surface area contributed by atoms with E-state index in [-0.39, 0.29) is 11.7 Å². The number of fused-ring (bicyclic) bond motifs is 1. The highest BCUT2D eigenvalue weighted by Crippen LogP contribution is 2.41. The normalized spacial score (nSPS) is 19.6. The number of benzene rings is 2. The Hall–Kier alpha value is -2.46. The van der Waals surface area contributed by atoms with Crippen LogP contribution in [-0.2, 0) is 17.7 Å². The fourth-order valence-corrected chi connectivity index (χ4v) is 4.84. The topological polar surface area (TPSA) is 39.7 Å². The molecule has 0 radical (unpaired) electrons. The molecule has 1 N–H and O–H groups in total. The summed E-state index contributed by atoms with van der Waals surface area (Å²) in [6, 6.07) is 14.9. The summed E-state index contributed by atoms with van der Waals surface area (Å²) in [5, 5.41) is 0. The smallest absolute Gasteiger partial charge is 0.162 e. The molecule has 0 unspecified atom stereocenters. The van der Waals surface area contributed by atoms with E-state index in [9.17, 15) is 0 Å². The van der Waals surface area contributed by atoms with Gasteiger partial charge in [-0.25, -0.2) is 0 Å². The highest BCUT2D eigenvalue weighted by Gasteiger charge is 2.38. The van der Waals surface area contributed by atoms with Gasteiger partial charge in [0.1, 0.15) is 11.7 Å². The number of hydroxylamine groups is 1. The van der Waals surface area contributed by atoms with E-state index in [0.717, 1.165) is 61.3 Å². The Morgan fingerprint density at radius 2 is 1.80 bits per heavy atom. The van der Waals surface area contributed by atoms with Crippen LogP contribution < -0.4 is 15.0 Å². The number of nitrogens with one attached hydrogen (secondary N) is 1. The molecule has 0 bridgehead atoms. The van der Waals surface area contributed by atoms with Crippen LogP contribution in [-0.4, -0.2) is 18.3 Å². The molecule has 2 aliphatic carbocycles. The van der Waals surface area contributed by atoms with E-state index < -0.39 is 0 Å². The van der Waals surface area contributed by atoms with Gasteiger partial charge >= 0.3 is 0 Å². The van der Waals surface area contributed by atoms with Gasteiger partial charge in [-0.2, -0.15) is 0 Å². The lowest BCUT2D eigenvalue weighted by atomic mass is 10.00.